The Hall–Kier alpha value is -1.14. The first kappa shape index (κ1) is 14.9. The first-order valence-electron chi connectivity index (χ1n) is 5.42. The summed E-state index contributed by atoms with van der Waals surface area (Å²) in [6, 6.07) is 3.68. The second-order valence-corrected chi connectivity index (χ2v) is 6.98. The molecule has 0 saturated carbocycles. The summed E-state index contributed by atoms with van der Waals surface area (Å²) in [5, 5.41) is 0. The second-order valence-electron chi connectivity index (χ2n) is 4.28. The van der Waals surface area contributed by atoms with Crippen LogP contribution in [-0.2, 0) is 9.84 Å². The number of benzene rings is 1. The molecule has 2 N–H and O–H groups in total. The molecule has 0 atom stereocenters. The van der Waals surface area contributed by atoms with Crippen molar-refractivity contribution in [2.75, 3.05) is 18.6 Å². The van der Waals surface area contributed by atoms with Crippen LogP contribution in [-0.4, -0.2) is 32.0 Å². The van der Waals surface area contributed by atoms with Crippen molar-refractivity contribution in [3.05, 3.63) is 28.8 Å². The quantitative estimate of drug-likeness (QED) is 0.828. The molecule has 0 aliphatic heterocycles. The van der Waals surface area contributed by atoms with Gasteiger partial charge in [0.2, 0.25) is 0 Å². The fraction of sp³-hybridized carbons (Fsp3) is 0.417. The molecule has 0 bridgehead atoms. The Labute approximate surface area is 113 Å². The maximum atomic E-state index is 11.0. The maximum absolute atomic E-state index is 11.0. The van der Waals surface area contributed by atoms with Gasteiger partial charge in [-0.15, -0.1) is 0 Å². The topological polar surface area (TPSA) is 69.4 Å². The van der Waals surface area contributed by atoms with Gasteiger partial charge >= 0.3 is 0 Å². The summed E-state index contributed by atoms with van der Waals surface area (Å²) in [4.78, 5) is 0.337. The van der Waals surface area contributed by atoms with Crippen molar-refractivity contribution in [2.24, 2.45) is 5.73 Å². The van der Waals surface area contributed by atoms with E-state index < -0.39 is 9.84 Å². The van der Waals surface area contributed by atoms with E-state index in [0.29, 0.717) is 10.7 Å². The Kier molecular flexibility index (Phi) is 4.70. The Bertz CT molecular complexity index is 542. The van der Waals surface area contributed by atoms with E-state index in [9.17, 15) is 8.42 Å². The number of hydrogen-bond donors (Lipinski definition) is 1. The number of ether oxygens (including phenoxy) is 1. The van der Waals surface area contributed by atoms with Gasteiger partial charge in [0.15, 0.2) is 9.84 Å². The second kappa shape index (κ2) is 5.67. The number of rotatable bonds is 5. The van der Waals surface area contributed by atoms with Crippen LogP contribution in [0.25, 0.3) is 0 Å². The van der Waals surface area contributed by atoms with Crippen molar-refractivity contribution in [3.63, 3.8) is 0 Å². The molecule has 1 aromatic rings. The SMILES string of the molecule is Cc1cc(C(N)=S)cc(C)c1OCCS(C)(=O)=O. The van der Waals surface area contributed by atoms with Crippen LogP contribution < -0.4 is 10.5 Å². The predicted molar refractivity (Wildman–Crippen MR) is 77.0 cm³/mol. The van der Waals surface area contributed by atoms with E-state index in [0.717, 1.165) is 16.7 Å². The van der Waals surface area contributed by atoms with E-state index in [4.69, 9.17) is 22.7 Å². The first-order valence-corrected chi connectivity index (χ1v) is 7.89. The highest BCUT2D eigenvalue weighted by atomic mass is 32.2. The highest BCUT2D eigenvalue weighted by Gasteiger charge is 2.09. The molecule has 4 nitrogen and oxygen atoms in total. The third-order valence-electron chi connectivity index (χ3n) is 2.45. The van der Waals surface area contributed by atoms with Crippen LogP contribution in [0.1, 0.15) is 16.7 Å². The Balaban J connectivity index is 2.87. The maximum Gasteiger partial charge on any atom is 0.150 e. The van der Waals surface area contributed by atoms with Gasteiger partial charge in [-0.05, 0) is 37.1 Å². The summed E-state index contributed by atoms with van der Waals surface area (Å²) >= 11 is 4.92. The summed E-state index contributed by atoms with van der Waals surface area (Å²) in [5.41, 5.74) is 8.15. The molecule has 0 spiro atoms. The number of thiocarbonyl (C=S) groups is 1. The number of nitrogens with two attached hydrogens (primary N) is 1. The van der Waals surface area contributed by atoms with E-state index in [1.807, 2.05) is 26.0 Å². The molecule has 0 heterocycles. The standard InChI is InChI=1S/C12H17NO3S2/c1-8-6-10(12(13)17)7-9(2)11(8)16-4-5-18(3,14)15/h6-7H,4-5H2,1-3H3,(H2,13,17). The van der Waals surface area contributed by atoms with Gasteiger partial charge < -0.3 is 10.5 Å². The molecule has 1 aromatic carbocycles. The molecule has 0 amide bonds. The molecule has 1 rings (SSSR count). The summed E-state index contributed by atoms with van der Waals surface area (Å²) in [6.07, 6.45) is 1.19. The molecule has 0 unspecified atom stereocenters. The third kappa shape index (κ3) is 4.27. The molecule has 0 saturated heterocycles. The fourth-order valence-corrected chi connectivity index (χ4v) is 2.12. The van der Waals surface area contributed by atoms with Crippen molar-refractivity contribution in [1.82, 2.24) is 0 Å². The van der Waals surface area contributed by atoms with Crippen LogP contribution >= 0.6 is 12.2 Å². The average molecular weight is 287 g/mol. The van der Waals surface area contributed by atoms with Crippen LogP contribution in [0.3, 0.4) is 0 Å². The molecule has 0 aliphatic carbocycles. The molecule has 18 heavy (non-hydrogen) atoms. The minimum atomic E-state index is -3.01. The normalized spacial score (nSPS) is 11.3. The lowest BCUT2D eigenvalue weighted by Crippen LogP contribution is -2.14. The predicted octanol–water partition coefficient (Wildman–Crippen LogP) is 1.36. The monoisotopic (exact) mass is 287 g/mol. The van der Waals surface area contributed by atoms with Crippen molar-refractivity contribution in [1.29, 1.82) is 0 Å². The number of sulfone groups is 1. The van der Waals surface area contributed by atoms with Gasteiger partial charge in [0, 0.05) is 11.8 Å². The average Bonchev–Trinajstić information content (AvgIpc) is 2.20. The summed E-state index contributed by atoms with van der Waals surface area (Å²) in [7, 11) is -3.01. The van der Waals surface area contributed by atoms with Crippen molar-refractivity contribution in [2.45, 2.75) is 13.8 Å². The summed E-state index contributed by atoms with van der Waals surface area (Å²) in [6.45, 7) is 3.90. The molecular formula is C12H17NO3S2. The lowest BCUT2D eigenvalue weighted by molar-refractivity contribution is 0.336. The Morgan fingerprint density at radius 2 is 1.83 bits per heavy atom. The molecule has 100 valence electrons. The molecule has 0 aliphatic rings. The van der Waals surface area contributed by atoms with Gasteiger partial charge in [-0.2, -0.15) is 0 Å². The van der Waals surface area contributed by atoms with Crippen LogP contribution in [0.2, 0.25) is 0 Å². The van der Waals surface area contributed by atoms with Gasteiger partial charge in [0.05, 0.1) is 5.75 Å². The van der Waals surface area contributed by atoms with E-state index in [2.05, 4.69) is 0 Å². The van der Waals surface area contributed by atoms with Crippen LogP contribution in [0.15, 0.2) is 12.1 Å². The van der Waals surface area contributed by atoms with Crippen molar-refractivity contribution < 1.29 is 13.2 Å². The van der Waals surface area contributed by atoms with Gasteiger partial charge in [-0.3, -0.25) is 0 Å². The highest BCUT2D eigenvalue weighted by molar-refractivity contribution is 7.90. The van der Waals surface area contributed by atoms with Crippen LogP contribution in [0.4, 0.5) is 0 Å². The molecule has 0 aromatic heterocycles. The van der Waals surface area contributed by atoms with Crippen LogP contribution in [0, 0.1) is 13.8 Å². The zero-order valence-corrected chi connectivity index (χ0v) is 12.3. The zero-order valence-electron chi connectivity index (χ0n) is 10.7. The number of aryl methyl sites for hydroxylation is 2. The largest absolute Gasteiger partial charge is 0.492 e. The highest BCUT2D eigenvalue weighted by Crippen LogP contribution is 2.24. The van der Waals surface area contributed by atoms with Gasteiger partial charge in [-0.1, -0.05) is 12.2 Å². The molecule has 0 radical (unpaired) electrons. The first-order chi connectivity index (χ1) is 8.20. The van der Waals surface area contributed by atoms with E-state index in [1.165, 1.54) is 6.26 Å². The van der Waals surface area contributed by atoms with E-state index in [-0.39, 0.29) is 12.4 Å². The lowest BCUT2D eigenvalue weighted by atomic mass is 10.1. The number of hydrogen-bond acceptors (Lipinski definition) is 4. The summed E-state index contributed by atoms with van der Waals surface area (Å²) < 4.78 is 27.6. The molecule has 6 heteroatoms. The Morgan fingerprint density at radius 1 is 1.33 bits per heavy atom. The van der Waals surface area contributed by atoms with Gasteiger partial charge in [0.25, 0.3) is 0 Å². The fourth-order valence-electron chi connectivity index (χ4n) is 1.62. The van der Waals surface area contributed by atoms with E-state index >= 15 is 0 Å². The van der Waals surface area contributed by atoms with E-state index in [1.54, 1.807) is 0 Å². The van der Waals surface area contributed by atoms with Crippen molar-refractivity contribution in [3.8, 4) is 5.75 Å². The Morgan fingerprint density at radius 3 is 2.22 bits per heavy atom. The molecule has 0 fully saturated rings. The smallest absolute Gasteiger partial charge is 0.150 e. The summed E-state index contributed by atoms with van der Waals surface area (Å²) in [5.74, 6) is 0.696. The van der Waals surface area contributed by atoms with Gasteiger partial charge in [-0.25, -0.2) is 8.42 Å². The van der Waals surface area contributed by atoms with Crippen LogP contribution in [0.5, 0.6) is 5.75 Å². The molecular weight excluding hydrogens is 270 g/mol. The lowest BCUT2D eigenvalue weighted by Gasteiger charge is -2.13. The third-order valence-corrected chi connectivity index (χ3v) is 3.59. The van der Waals surface area contributed by atoms with Gasteiger partial charge in [0.1, 0.15) is 17.3 Å². The zero-order chi connectivity index (χ0) is 13.9. The minimum Gasteiger partial charge on any atom is -0.492 e. The van der Waals surface area contributed by atoms with Crippen molar-refractivity contribution >= 4 is 27.0 Å². The minimum absolute atomic E-state index is 0.00291.